The Kier molecular flexibility index (Phi) is 3.03. The molecule has 0 saturated carbocycles. The highest BCUT2D eigenvalue weighted by atomic mass is 16.5. The summed E-state index contributed by atoms with van der Waals surface area (Å²) in [7, 11) is 0. The summed E-state index contributed by atoms with van der Waals surface area (Å²) in [6.45, 7) is 0.445. The molecule has 0 atom stereocenters. The molecular formula is C12H13N3O. The number of hydroxylamine groups is 1. The van der Waals surface area contributed by atoms with Crippen LogP contribution in [0, 0.1) is 0 Å². The topological polar surface area (TPSA) is 70.6 Å². The van der Waals surface area contributed by atoms with Crippen molar-refractivity contribution in [1.29, 1.82) is 0 Å². The zero-order valence-electron chi connectivity index (χ0n) is 8.72. The third kappa shape index (κ3) is 2.12. The molecule has 0 aromatic heterocycles. The molecule has 4 nitrogen and oxygen atoms in total. The Morgan fingerprint density at radius 2 is 1.94 bits per heavy atom. The number of hydrogen-bond acceptors (Lipinski definition) is 2. The molecule has 4 heteroatoms. The molecule has 16 heavy (non-hydrogen) atoms. The largest absolute Gasteiger partial charge is 0.368 e. The quantitative estimate of drug-likeness (QED) is 0.405. The van der Waals surface area contributed by atoms with Gasteiger partial charge in [-0.25, -0.2) is 10.5 Å². The fourth-order valence-electron chi connectivity index (χ4n) is 1.64. The Bertz CT molecular complexity index is 517. The monoisotopic (exact) mass is 215 g/mol. The number of nitrogens with one attached hydrogen (secondary N) is 1. The van der Waals surface area contributed by atoms with Crippen molar-refractivity contribution in [2.75, 3.05) is 0 Å². The normalized spacial score (nSPS) is 11.7. The highest BCUT2D eigenvalue weighted by Gasteiger charge is 1.99. The predicted molar refractivity (Wildman–Crippen MR) is 64.2 cm³/mol. The number of guanidine groups is 1. The van der Waals surface area contributed by atoms with Gasteiger partial charge in [0.25, 0.3) is 0 Å². The van der Waals surface area contributed by atoms with E-state index in [0.717, 1.165) is 10.9 Å². The van der Waals surface area contributed by atoms with E-state index in [9.17, 15) is 0 Å². The molecule has 0 aliphatic rings. The summed E-state index contributed by atoms with van der Waals surface area (Å²) in [5, 5.41) is 10.8. The van der Waals surface area contributed by atoms with E-state index < -0.39 is 0 Å². The van der Waals surface area contributed by atoms with Crippen LogP contribution < -0.4 is 11.2 Å². The molecule has 2 rings (SSSR count). The van der Waals surface area contributed by atoms with Crippen molar-refractivity contribution in [2.24, 2.45) is 10.7 Å². The highest BCUT2D eigenvalue weighted by molar-refractivity contribution is 5.86. The number of aliphatic imine (C=N–C) groups is 1. The maximum absolute atomic E-state index is 8.52. The molecule has 4 N–H and O–H groups in total. The second-order valence-corrected chi connectivity index (χ2v) is 3.45. The van der Waals surface area contributed by atoms with Gasteiger partial charge < -0.3 is 5.73 Å². The molecule has 0 saturated heterocycles. The van der Waals surface area contributed by atoms with Crippen LogP contribution in [0.4, 0.5) is 0 Å². The Labute approximate surface area is 93.4 Å². The zero-order valence-corrected chi connectivity index (χ0v) is 8.72. The van der Waals surface area contributed by atoms with Gasteiger partial charge >= 0.3 is 0 Å². The zero-order chi connectivity index (χ0) is 11.4. The lowest BCUT2D eigenvalue weighted by molar-refractivity contribution is 0.232. The minimum absolute atomic E-state index is 0.0212. The number of rotatable bonds is 2. The summed E-state index contributed by atoms with van der Waals surface area (Å²) in [5.41, 5.74) is 8.24. The molecular weight excluding hydrogens is 202 g/mol. The van der Waals surface area contributed by atoms with Crippen molar-refractivity contribution in [3.63, 3.8) is 0 Å². The Morgan fingerprint density at radius 1 is 1.19 bits per heavy atom. The van der Waals surface area contributed by atoms with Gasteiger partial charge in [-0.05, 0) is 16.3 Å². The van der Waals surface area contributed by atoms with Crippen LogP contribution in [0.5, 0.6) is 0 Å². The number of nitrogens with zero attached hydrogens (tertiary/aromatic N) is 1. The second kappa shape index (κ2) is 4.63. The third-order valence-corrected chi connectivity index (χ3v) is 2.41. The second-order valence-electron chi connectivity index (χ2n) is 3.45. The Hall–Kier alpha value is -2.07. The lowest BCUT2D eigenvalue weighted by atomic mass is 10.1. The first-order valence-electron chi connectivity index (χ1n) is 4.98. The molecule has 0 amide bonds. The van der Waals surface area contributed by atoms with Crippen LogP contribution in [0.3, 0.4) is 0 Å². The molecule has 0 fully saturated rings. The van der Waals surface area contributed by atoms with Gasteiger partial charge in [0.2, 0.25) is 5.96 Å². The maximum atomic E-state index is 8.52. The average molecular weight is 215 g/mol. The molecule has 0 bridgehead atoms. The third-order valence-electron chi connectivity index (χ3n) is 2.41. The molecule has 2 aromatic carbocycles. The molecule has 0 aliphatic heterocycles. The SMILES string of the molecule is NC(=NCc1cccc2ccccc12)NO. The molecule has 0 heterocycles. The van der Waals surface area contributed by atoms with E-state index >= 15 is 0 Å². The predicted octanol–water partition coefficient (Wildman–Crippen LogP) is 1.63. The van der Waals surface area contributed by atoms with Gasteiger partial charge in [0.1, 0.15) is 0 Å². The molecule has 2 aromatic rings. The van der Waals surface area contributed by atoms with Crippen LogP contribution in [-0.4, -0.2) is 11.2 Å². The van der Waals surface area contributed by atoms with Crippen molar-refractivity contribution in [2.45, 2.75) is 6.54 Å². The van der Waals surface area contributed by atoms with E-state index in [0.29, 0.717) is 6.54 Å². The Morgan fingerprint density at radius 3 is 2.75 bits per heavy atom. The molecule has 0 spiro atoms. The summed E-state index contributed by atoms with van der Waals surface area (Å²) in [6.07, 6.45) is 0. The fourth-order valence-corrected chi connectivity index (χ4v) is 1.64. The van der Waals surface area contributed by atoms with Gasteiger partial charge in [-0.15, -0.1) is 0 Å². The first kappa shape index (κ1) is 10.4. The van der Waals surface area contributed by atoms with Gasteiger partial charge in [0.05, 0.1) is 6.54 Å². The van der Waals surface area contributed by atoms with Crippen molar-refractivity contribution < 1.29 is 5.21 Å². The van der Waals surface area contributed by atoms with Crippen molar-refractivity contribution >= 4 is 16.7 Å². The van der Waals surface area contributed by atoms with Gasteiger partial charge in [-0.2, -0.15) is 0 Å². The van der Waals surface area contributed by atoms with Crippen LogP contribution in [-0.2, 0) is 6.54 Å². The molecule has 0 aliphatic carbocycles. The molecule has 82 valence electrons. The maximum Gasteiger partial charge on any atom is 0.213 e. The van der Waals surface area contributed by atoms with E-state index in [1.807, 2.05) is 35.8 Å². The molecule has 0 radical (unpaired) electrons. The molecule has 0 unspecified atom stereocenters. The number of benzene rings is 2. The van der Waals surface area contributed by atoms with E-state index in [2.05, 4.69) is 17.1 Å². The summed E-state index contributed by atoms with van der Waals surface area (Å²) in [6, 6.07) is 14.1. The van der Waals surface area contributed by atoms with Gasteiger partial charge in [0.15, 0.2) is 0 Å². The van der Waals surface area contributed by atoms with E-state index in [-0.39, 0.29) is 5.96 Å². The Balaban J connectivity index is 2.37. The summed E-state index contributed by atoms with van der Waals surface area (Å²) in [5.74, 6) is 0.0212. The van der Waals surface area contributed by atoms with Crippen molar-refractivity contribution in [3.8, 4) is 0 Å². The van der Waals surface area contributed by atoms with Crippen LogP contribution in [0.25, 0.3) is 10.8 Å². The first-order chi connectivity index (χ1) is 7.81. The van der Waals surface area contributed by atoms with Crippen molar-refractivity contribution in [1.82, 2.24) is 5.48 Å². The minimum atomic E-state index is 0.0212. The highest BCUT2D eigenvalue weighted by Crippen LogP contribution is 2.18. The van der Waals surface area contributed by atoms with Crippen LogP contribution in [0.15, 0.2) is 47.5 Å². The van der Waals surface area contributed by atoms with Gasteiger partial charge in [0, 0.05) is 0 Å². The number of hydrogen-bond donors (Lipinski definition) is 3. The van der Waals surface area contributed by atoms with Crippen LogP contribution in [0.2, 0.25) is 0 Å². The summed E-state index contributed by atoms with van der Waals surface area (Å²) >= 11 is 0. The van der Waals surface area contributed by atoms with Crippen LogP contribution >= 0.6 is 0 Å². The van der Waals surface area contributed by atoms with E-state index in [1.54, 1.807) is 0 Å². The van der Waals surface area contributed by atoms with E-state index in [4.69, 9.17) is 10.9 Å². The van der Waals surface area contributed by atoms with Gasteiger partial charge in [-0.3, -0.25) is 5.21 Å². The smallest absolute Gasteiger partial charge is 0.213 e. The average Bonchev–Trinajstić information content (AvgIpc) is 2.35. The first-order valence-corrected chi connectivity index (χ1v) is 4.98. The van der Waals surface area contributed by atoms with Gasteiger partial charge in [-0.1, -0.05) is 42.5 Å². The standard InChI is InChI=1S/C12H13N3O/c13-12(15-16)14-8-10-6-3-5-9-4-1-2-7-11(9)10/h1-7,16H,8H2,(H3,13,14,15). The minimum Gasteiger partial charge on any atom is -0.368 e. The van der Waals surface area contributed by atoms with Crippen molar-refractivity contribution in [3.05, 3.63) is 48.0 Å². The summed E-state index contributed by atoms with van der Waals surface area (Å²) < 4.78 is 0. The lowest BCUT2D eigenvalue weighted by Gasteiger charge is -2.04. The summed E-state index contributed by atoms with van der Waals surface area (Å²) in [4.78, 5) is 4.00. The van der Waals surface area contributed by atoms with Crippen LogP contribution in [0.1, 0.15) is 5.56 Å². The number of nitrogens with two attached hydrogens (primary N) is 1. The number of fused-ring (bicyclic) bond motifs is 1. The lowest BCUT2D eigenvalue weighted by Crippen LogP contribution is -2.28. The fraction of sp³-hybridized carbons (Fsp3) is 0.0833. The van der Waals surface area contributed by atoms with E-state index in [1.165, 1.54) is 5.39 Å².